The second kappa shape index (κ2) is 17.0. The van der Waals surface area contributed by atoms with Crippen LogP contribution in [-0.2, 0) is 22.8 Å². The summed E-state index contributed by atoms with van der Waals surface area (Å²) in [5.41, 5.74) is 4.55. The second-order valence-corrected chi connectivity index (χ2v) is 11.2. The van der Waals surface area contributed by atoms with Crippen molar-refractivity contribution in [1.29, 1.82) is 0 Å². The van der Waals surface area contributed by atoms with Crippen LogP contribution in [0.4, 0.5) is 4.79 Å². The van der Waals surface area contributed by atoms with Gasteiger partial charge in [-0.05, 0) is 49.1 Å². The molecule has 2 unspecified atom stereocenters. The fourth-order valence-electron chi connectivity index (χ4n) is 4.02. The Hall–Kier alpha value is -4.41. The molecule has 0 spiro atoms. The van der Waals surface area contributed by atoms with Gasteiger partial charge in [-0.15, -0.1) is 0 Å². The third-order valence-electron chi connectivity index (χ3n) is 6.43. The van der Waals surface area contributed by atoms with E-state index in [1.165, 1.54) is 6.33 Å². The predicted molar refractivity (Wildman–Crippen MR) is 172 cm³/mol. The molecule has 4 aromatic rings. The average Bonchev–Trinajstić information content (AvgIpc) is 3.50. The predicted octanol–water partition coefficient (Wildman–Crippen LogP) is 6.67. The summed E-state index contributed by atoms with van der Waals surface area (Å²) in [6.07, 6.45) is 1.88. The van der Waals surface area contributed by atoms with Crippen LogP contribution in [0.25, 0.3) is 0 Å². The van der Waals surface area contributed by atoms with Crippen molar-refractivity contribution in [1.82, 2.24) is 25.4 Å². The van der Waals surface area contributed by atoms with Crippen molar-refractivity contribution in [2.75, 3.05) is 0 Å². The topological polar surface area (TPSA) is 131 Å². The molecule has 10 nitrogen and oxygen atoms in total. The van der Waals surface area contributed by atoms with Crippen LogP contribution in [0.1, 0.15) is 49.1 Å². The van der Waals surface area contributed by atoms with Gasteiger partial charge in [0.2, 0.25) is 5.91 Å². The first-order valence-corrected chi connectivity index (χ1v) is 14.7. The molecule has 2 amide bonds. The molecular weight excluding hydrogens is 603 g/mol. The molecule has 3 aromatic carbocycles. The van der Waals surface area contributed by atoms with Crippen LogP contribution in [0.3, 0.4) is 0 Å². The minimum atomic E-state index is -1.19. The number of carbonyl (C=O) groups excluding carboxylic acids is 1. The minimum absolute atomic E-state index is 0.115. The molecule has 0 saturated carbocycles. The monoisotopic (exact) mass is 638 g/mol. The van der Waals surface area contributed by atoms with E-state index in [2.05, 4.69) is 25.9 Å². The van der Waals surface area contributed by atoms with E-state index in [1.54, 1.807) is 37.0 Å². The van der Waals surface area contributed by atoms with Crippen LogP contribution in [0, 0.1) is 12.8 Å². The van der Waals surface area contributed by atoms with Gasteiger partial charge >= 0.3 is 6.09 Å². The molecule has 3 N–H and O–H groups in total. The summed E-state index contributed by atoms with van der Waals surface area (Å²) in [7, 11) is 0. The third-order valence-corrected chi connectivity index (χ3v) is 6.98. The van der Waals surface area contributed by atoms with Crippen LogP contribution < -0.4 is 10.6 Å². The smallest absolute Gasteiger partial charge is 0.405 e. The first-order chi connectivity index (χ1) is 21.0. The summed E-state index contributed by atoms with van der Waals surface area (Å²) in [5.74, 6) is -0.424. The average molecular weight is 640 g/mol. The Labute approximate surface area is 267 Å². The molecule has 0 fully saturated rings. The van der Waals surface area contributed by atoms with Crippen LogP contribution in [0.15, 0.2) is 90.6 Å². The number of aromatic nitrogens is 3. The number of halogens is 2. The highest BCUT2D eigenvalue weighted by molar-refractivity contribution is 6.37. The number of aryl methyl sites for hydroxylation is 1. The van der Waals surface area contributed by atoms with Crippen molar-refractivity contribution >= 4 is 40.9 Å². The zero-order valence-electron chi connectivity index (χ0n) is 24.9. The number of amides is 2. The molecule has 0 bridgehead atoms. The second-order valence-electron chi connectivity index (χ2n) is 10.3. The quantitative estimate of drug-likeness (QED) is 0.124. The Bertz CT molecular complexity index is 1510. The number of carbonyl (C=O) groups is 2. The summed E-state index contributed by atoms with van der Waals surface area (Å²) in [6.45, 7) is 8.23. The number of hydrogen-bond acceptors (Lipinski definition) is 6. The Morgan fingerprint density at radius 3 is 2.30 bits per heavy atom. The summed E-state index contributed by atoms with van der Waals surface area (Å²) < 4.78 is 1.65. The zero-order valence-corrected chi connectivity index (χ0v) is 26.5. The molecule has 0 radical (unpaired) electrons. The van der Waals surface area contributed by atoms with Crippen molar-refractivity contribution in [2.24, 2.45) is 11.1 Å². The highest BCUT2D eigenvalue weighted by atomic mass is 35.5. The highest BCUT2D eigenvalue weighted by Crippen LogP contribution is 2.22. The maximum atomic E-state index is 12.1. The fraction of sp³-hybridized carbons (Fsp3) is 0.281. The number of nitrogens with zero attached hydrogens (tertiary/aromatic N) is 4. The number of rotatable bonds is 11. The summed E-state index contributed by atoms with van der Waals surface area (Å²) in [4.78, 5) is 32.3. The molecule has 44 heavy (non-hydrogen) atoms. The van der Waals surface area contributed by atoms with Crippen molar-refractivity contribution < 1.29 is 19.5 Å². The molecular formula is C32H36Cl2N6O4. The molecule has 0 aliphatic carbocycles. The molecule has 1 aromatic heterocycles. The number of hydrogen-bond donors (Lipinski definition) is 3. The van der Waals surface area contributed by atoms with Crippen LogP contribution in [-0.4, -0.2) is 43.6 Å². The van der Waals surface area contributed by atoms with E-state index in [-0.39, 0.29) is 17.9 Å². The van der Waals surface area contributed by atoms with E-state index in [1.807, 2.05) is 74.5 Å². The van der Waals surface area contributed by atoms with Crippen molar-refractivity contribution in [3.63, 3.8) is 0 Å². The number of carboxylic acid groups (broad SMARTS) is 1. The van der Waals surface area contributed by atoms with Crippen molar-refractivity contribution in [3.05, 3.63) is 118 Å². The first kappa shape index (κ1) is 34.1. The molecule has 0 saturated heterocycles. The summed E-state index contributed by atoms with van der Waals surface area (Å²) >= 11 is 12.3. The largest absolute Gasteiger partial charge is 0.465 e. The molecule has 0 aliphatic rings. The van der Waals surface area contributed by atoms with E-state index in [9.17, 15) is 9.59 Å². The van der Waals surface area contributed by atoms with E-state index in [4.69, 9.17) is 33.1 Å². The maximum absolute atomic E-state index is 12.1. The Morgan fingerprint density at radius 1 is 1.00 bits per heavy atom. The number of benzene rings is 3. The molecule has 12 heteroatoms. The Kier molecular flexibility index (Phi) is 13.2. The normalized spacial score (nSPS) is 12.5. The SMILES string of the molecule is Cc1ccc(C(C)NC(=O)C(NC(=O)O)C(C)C)cc1.Clc1ccc(/C(Cn2cncn2)=N/OCc2ccccc2)c(Cl)c1. The van der Waals surface area contributed by atoms with E-state index < -0.39 is 12.1 Å². The minimum Gasteiger partial charge on any atom is -0.465 e. The molecule has 232 valence electrons. The Balaban J connectivity index is 0.000000245. The standard InChI is InChI=1S/C17H14Cl2N4O.C15H22N2O3/c18-14-6-7-15(16(19)8-14)17(9-23-12-20-11-21-23)22-24-10-13-4-2-1-3-5-13;1-9(2)13(17-15(19)20)14(18)16-11(4)12-7-5-10(3)6-8-12/h1-8,11-12H,9-10H2;5-9,11,13,17H,1-4H3,(H,16,18)(H,19,20)/b22-17+;. The molecule has 2 atom stereocenters. The van der Waals surface area contributed by atoms with Gasteiger partial charge in [-0.1, -0.05) is 102 Å². The lowest BCUT2D eigenvalue weighted by molar-refractivity contribution is -0.124. The van der Waals surface area contributed by atoms with Gasteiger partial charge < -0.3 is 20.6 Å². The van der Waals surface area contributed by atoms with Gasteiger partial charge in [-0.25, -0.2) is 14.5 Å². The van der Waals surface area contributed by atoms with Gasteiger partial charge in [0.05, 0.1) is 17.6 Å². The van der Waals surface area contributed by atoms with Crippen LogP contribution in [0.2, 0.25) is 10.0 Å². The van der Waals surface area contributed by atoms with Gasteiger partial charge in [-0.2, -0.15) is 5.10 Å². The lowest BCUT2D eigenvalue weighted by Crippen LogP contribution is -2.49. The molecule has 0 aliphatic heterocycles. The number of nitrogens with one attached hydrogen (secondary N) is 2. The van der Waals surface area contributed by atoms with Gasteiger partial charge in [0.15, 0.2) is 0 Å². The van der Waals surface area contributed by atoms with Gasteiger partial charge in [0.25, 0.3) is 0 Å². The van der Waals surface area contributed by atoms with Crippen molar-refractivity contribution in [2.45, 2.75) is 52.9 Å². The Morgan fingerprint density at radius 2 is 1.70 bits per heavy atom. The zero-order chi connectivity index (χ0) is 32.1. The molecule has 1 heterocycles. The van der Waals surface area contributed by atoms with Crippen LogP contribution in [0.5, 0.6) is 0 Å². The third kappa shape index (κ3) is 11.0. The van der Waals surface area contributed by atoms with E-state index in [0.717, 1.165) is 22.3 Å². The van der Waals surface area contributed by atoms with Crippen LogP contribution >= 0.6 is 23.2 Å². The van der Waals surface area contributed by atoms with E-state index >= 15 is 0 Å². The number of oxime groups is 1. The molecule has 4 rings (SSSR count). The highest BCUT2D eigenvalue weighted by Gasteiger charge is 2.25. The van der Waals surface area contributed by atoms with Gasteiger partial charge in [-0.3, -0.25) is 4.79 Å². The lowest BCUT2D eigenvalue weighted by Gasteiger charge is -2.23. The van der Waals surface area contributed by atoms with E-state index in [0.29, 0.717) is 28.9 Å². The van der Waals surface area contributed by atoms with Crippen molar-refractivity contribution in [3.8, 4) is 0 Å². The first-order valence-electron chi connectivity index (χ1n) is 13.9. The maximum Gasteiger partial charge on any atom is 0.405 e. The summed E-state index contributed by atoms with van der Waals surface area (Å²) in [6, 6.07) is 22.0. The lowest BCUT2D eigenvalue weighted by atomic mass is 10.0. The van der Waals surface area contributed by atoms with Gasteiger partial charge in [0.1, 0.15) is 31.0 Å². The summed E-state index contributed by atoms with van der Waals surface area (Å²) in [5, 5.41) is 23.3. The van der Waals surface area contributed by atoms with Gasteiger partial charge in [0, 0.05) is 10.6 Å². The fourth-order valence-corrected chi connectivity index (χ4v) is 4.54.